The van der Waals surface area contributed by atoms with Crippen LogP contribution in [0.2, 0.25) is 0 Å². The molecule has 0 aromatic heterocycles. The summed E-state index contributed by atoms with van der Waals surface area (Å²) in [6.45, 7) is 3.91. The maximum Gasteiger partial charge on any atom is 0.227 e. The fraction of sp³-hybridized carbons (Fsp3) is 0.500. The number of amides is 2. The summed E-state index contributed by atoms with van der Waals surface area (Å²) in [7, 11) is 0. The standard InChI is InChI=1S/C16H20N2O2/c1-12-7-16(8-14(19)17-15(20)9-16)11-18(12)10-13-5-3-2-4-6-13/h2-6,12H,7-11H2,1H3,(H,17,19,20). The van der Waals surface area contributed by atoms with E-state index in [4.69, 9.17) is 0 Å². The maximum atomic E-state index is 11.7. The van der Waals surface area contributed by atoms with Gasteiger partial charge in [-0.15, -0.1) is 0 Å². The minimum atomic E-state index is -0.145. The number of piperidine rings is 1. The van der Waals surface area contributed by atoms with Crippen LogP contribution < -0.4 is 5.32 Å². The van der Waals surface area contributed by atoms with Gasteiger partial charge >= 0.3 is 0 Å². The Morgan fingerprint density at radius 3 is 2.50 bits per heavy atom. The first-order valence-corrected chi connectivity index (χ1v) is 7.17. The molecule has 1 atom stereocenters. The van der Waals surface area contributed by atoms with Crippen LogP contribution in [0.25, 0.3) is 0 Å². The van der Waals surface area contributed by atoms with Crippen LogP contribution in [0.15, 0.2) is 30.3 Å². The fourth-order valence-electron chi connectivity index (χ4n) is 3.68. The van der Waals surface area contributed by atoms with Gasteiger partial charge in [0, 0.05) is 37.4 Å². The normalized spacial score (nSPS) is 25.9. The van der Waals surface area contributed by atoms with Crippen molar-refractivity contribution >= 4 is 11.8 Å². The average molecular weight is 272 g/mol. The Labute approximate surface area is 119 Å². The van der Waals surface area contributed by atoms with Crippen LogP contribution in [0.5, 0.6) is 0 Å². The first-order valence-electron chi connectivity index (χ1n) is 7.17. The molecule has 4 nitrogen and oxygen atoms in total. The van der Waals surface area contributed by atoms with Crippen LogP contribution in [-0.2, 0) is 16.1 Å². The summed E-state index contributed by atoms with van der Waals surface area (Å²) < 4.78 is 0. The molecule has 1 aromatic carbocycles. The lowest BCUT2D eigenvalue weighted by atomic mass is 9.76. The van der Waals surface area contributed by atoms with Gasteiger partial charge in [0.25, 0.3) is 0 Å². The smallest absolute Gasteiger partial charge is 0.227 e. The molecule has 4 heteroatoms. The molecule has 0 saturated carbocycles. The fourth-order valence-corrected chi connectivity index (χ4v) is 3.68. The van der Waals surface area contributed by atoms with E-state index in [-0.39, 0.29) is 17.2 Å². The van der Waals surface area contributed by atoms with Crippen molar-refractivity contribution in [2.45, 2.75) is 38.8 Å². The molecule has 2 aliphatic rings. The predicted octanol–water partition coefficient (Wildman–Crippen LogP) is 1.70. The molecule has 2 amide bonds. The molecule has 3 rings (SSSR count). The Morgan fingerprint density at radius 1 is 1.20 bits per heavy atom. The highest BCUT2D eigenvalue weighted by Crippen LogP contribution is 2.42. The zero-order valence-electron chi connectivity index (χ0n) is 11.8. The third-order valence-electron chi connectivity index (χ3n) is 4.47. The molecule has 2 heterocycles. The summed E-state index contributed by atoms with van der Waals surface area (Å²) in [5.74, 6) is -0.231. The second kappa shape index (κ2) is 5.02. The summed E-state index contributed by atoms with van der Waals surface area (Å²) >= 11 is 0. The van der Waals surface area contributed by atoms with Gasteiger partial charge < -0.3 is 0 Å². The van der Waals surface area contributed by atoms with Crippen molar-refractivity contribution in [3.63, 3.8) is 0 Å². The van der Waals surface area contributed by atoms with Gasteiger partial charge in [-0.25, -0.2) is 0 Å². The molecule has 1 unspecified atom stereocenters. The van der Waals surface area contributed by atoms with Gasteiger partial charge in [0.2, 0.25) is 11.8 Å². The summed E-state index contributed by atoms with van der Waals surface area (Å²) in [5.41, 5.74) is 1.14. The second-order valence-corrected chi connectivity index (χ2v) is 6.27. The Morgan fingerprint density at radius 2 is 1.85 bits per heavy atom. The summed E-state index contributed by atoms with van der Waals surface area (Å²) in [4.78, 5) is 25.7. The van der Waals surface area contributed by atoms with E-state index in [1.54, 1.807) is 0 Å². The highest BCUT2D eigenvalue weighted by molar-refractivity contribution is 5.98. The molecule has 20 heavy (non-hydrogen) atoms. The largest absolute Gasteiger partial charge is 0.296 e. The number of benzene rings is 1. The lowest BCUT2D eigenvalue weighted by Crippen LogP contribution is -2.45. The Bertz CT molecular complexity index is 511. The van der Waals surface area contributed by atoms with Crippen LogP contribution >= 0.6 is 0 Å². The molecule has 0 aliphatic carbocycles. The number of carbonyl (C=O) groups is 2. The number of nitrogens with zero attached hydrogens (tertiary/aromatic N) is 1. The van der Waals surface area contributed by atoms with Gasteiger partial charge in [0.05, 0.1) is 0 Å². The number of hydrogen-bond acceptors (Lipinski definition) is 3. The number of hydrogen-bond donors (Lipinski definition) is 1. The summed E-state index contributed by atoms with van der Waals surface area (Å²) in [5, 5.41) is 2.41. The minimum absolute atomic E-state index is 0.116. The number of likely N-dealkylation sites (tertiary alicyclic amines) is 1. The molecule has 1 spiro atoms. The van der Waals surface area contributed by atoms with Crippen molar-refractivity contribution in [3.8, 4) is 0 Å². The zero-order chi connectivity index (χ0) is 14.2. The van der Waals surface area contributed by atoms with E-state index in [0.29, 0.717) is 18.9 Å². The van der Waals surface area contributed by atoms with Gasteiger partial charge in [-0.05, 0) is 18.9 Å². The first kappa shape index (κ1) is 13.3. The van der Waals surface area contributed by atoms with Gasteiger partial charge in [0.15, 0.2) is 0 Å². The van der Waals surface area contributed by atoms with Crippen molar-refractivity contribution in [2.24, 2.45) is 5.41 Å². The van der Waals surface area contributed by atoms with E-state index >= 15 is 0 Å². The first-order chi connectivity index (χ1) is 9.56. The van der Waals surface area contributed by atoms with Gasteiger partial charge in [0.1, 0.15) is 0 Å². The van der Waals surface area contributed by atoms with Crippen LogP contribution in [0.4, 0.5) is 0 Å². The number of rotatable bonds is 2. The van der Waals surface area contributed by atoms with E-state index in [2.05, 4.69) is 29.3 Å². The third-order valence-corrected chi connectivity index (χ3v) is 4.47. The molecular formula is C16H20N2O2. The van der Waals surface area contributed by atoms with E-state index in [9.17, 15) is 9.59 Å². The maximum absolute atomic E-state index is 11.7. The topological polar surface area (TPSA) is 49.4 Å². The van der Waals surface area contributed by atoms with Gasteiger partial charge in [-0.2, -0.15) is 0 Å². The molecule has 1 aromatic rings. The van der Waals surface area contributed by atoms with Crippen LogP contribution in [-0.4, -0.2) is 29.3 Å². The molecule has 2 aliphatic heterocycles. The third kappa shape index (κ3) is 2.61. The van der Waals surface area contributed by atoms with Gasteiger partial charge in [-0.3, -0.25) is 19.8 Å². The van der Waals surface area contributed by atoms with E-state index in [1.165, 1.54) is 5.56 Å². The van der Waals surface area contributed by atoms with E-state index < -0.39 is 0 Å². The van der Waals surface area contributed by atoms with Crippen molar-refractivity contribution in [1.29, 1.82) is 0 Å². The Kier molecular flexibility index (Phi) is 3.34. The van der Waals surface area contributed by atoms with Crippen molar-refractivity contribution < 1.29 is 9.59 Å². The van der Waals surface area contributed by atoms with Crippen LogP contribution in [0.1, 0.15) is 31.7 Å². The van der Waals surface area contributed by atoms with E-state index in [0.717, 1.165) is 19.5 Å². The highest BCUT2D eigenvalue weighted by atomic mass is 16.2. The van der Waals surface area contributed by atoms with Crippen LogP contribution in [0.3, 0.4) is 0 Å². The minimum Gasteiger partial charge on any atom is -0.296 e. The molecule has 0 bridgehead atoms. The average Bonchev–Trinajstić information content (AvgIpc) is 2.64. The molecule has 106 valence electrons. The van der Waals surface area contributed by atoms with E-state index in [1.807, 2.05) is 18.2 Å². The second-order valence-electron chi connectivity index (χ2n) is 6.27. The molecule has 2 saturated heterocycles. The predicted molar refractivity (Wildman–Crippen MR) is 75.7 cm³/mol. The monoisotopic (exact) mass is 272 g/mol. The summed E-state index contributed by atoms with van der Waals surface area (Å²) in [6, 6.07) is 10.8. The quantitative estimate of drug-likeness (QED) is 0.834. The Hall–Kier alpha value is -1.68. The van der Waals surface area contributed by atoms with Crippen molar-refractivity contribution in [1.82, 2.24) is 10.2 Å². The Balaban J connectivity index is 1.73. The zero-order valence-corrected chi connectivity index (χ0v) is 11.8. The number of nitrogens with one attached hydrogen (secondary N) is 1. The molecule has 2 fully saturated rings. The lowest BCUT2D eigenvalue weighted by molar-refractivity contribution is -0.137. The molecule has 0 radical (unpaired) electrons. The highest BCUT2D eigenvalue weighted by Gasteiger charge is 2.47. The van der Waals surface area contributed by atoms with Crippen molar-refractivity contribution in [3.05, 3.63) is 35.9 Å². The van der Waals surface area contributed by atoms with Crippen molar-refractivity contribution in [2.75, 3.05) is 6.54 Å². The summed E-state index contributed by atoms with van der Waals surface area (Å²) in [6.07, 6.45) is 1.89. The number of imide groups is 1. The molecular weight excluding hydrogens is 252 g/mol. The number of carbonyl (C=O) groups excluding carboxylic acids is 2. The molecule has 1 N–H and O–H groups in total. The SMILES string of the molecule is CC1CC2(CC(=O)NC(=O)C2)CN1Cc1ccccc1. The van der Waals surface area contributed by atoms with Gasteiger partial charge in [-0.1, -0.05) is 30.3 Å². The van der Waals surface area contributed by atoms with Crippen LogP contribution in [0, 0.1) is 5.41 Å². The lowest BCUT2D eigenvalue weighted by Gasteiger charge is -2.31.